The van der Waals surface area contributed by atoms with Crippen LogP contribution in [0.15, 0.2) is 78.9 Å². The largest absolute Gasteiger partial charge is 0.519 e. The number of hydrogen-bond acceptors (Lipinski definition) is 3. The zero-order valence-electron chi connectivity index (χ0n) is 16.2. The minimum Gasteiger partial charge on any atom is -0.395 e. The topological polar surface area (TPSA) is 46.8 Å². The Hall–Kier alpha value is -3.40. The van der Waals surface area contributed by atoms with Gasteiger partial charge in [0.05, 0.1) is 0 Å². The van der Waals surface area contributed by atoms with E-state index in [1.807, 2.05) is 36.4 Å². The summed E-state index contributed by atoms with van der Waals surface area (Å²) in [4.78, 5) is 12.1. The van der Waals surface area contributed by atoms with E-state index < -0.39 is 6.16 Å². The number of hydrogen-bond donors (Lipinski definition) is 0. The van der Waals surface area contributed by atoms with Crippen molar-refractivity contribution in [2.24, 2.45) is 0 Å². The van der Waals surface area contributed by atoms with Crippen LogP contribution in [-0.4, -0.2) is 19.6 Å². The third kappa shape index (κ3) is 4.46. The zero-order chi connectivity index (χ0) is 20.0. The van der Waals surface area contributed by atoms with Crippen molar-refractivity contribution in [3.05, 3.63) is 95.6 Å². The molecule has 142 valence electrons. The van der Waals surface area contributed by atoms with Crippen molar-refractivity contribution in [2.45, 2.75) is 19.3 Å². The summed E-state index contributed by atoms with van der Waals surface area (Å²) in [5, 5.41) is 0. The van der Waals surface area contributed by atoms with Gasteiger partial charge >= 0.3 is 12.4 Å². The molecule has 0 N–H and O–H groups in total. The molecule has 0 aliphatic heterocycles. The molecule has 0 aliphatic carbocycles. The molecule has 0 amide bonds. The molecule has 0 unspecified atom stereocenters. The molecule has 0 aromatic heterocycles. The van der Waals surface area contributed by atoms with Gasteiger partial charge in [-0.2, -0.15) is 0 Å². The SMILES string of the molecule is C[O+]=Cc1ccccc1OC(=O)Oc1ccc(C(C)(C)c2ccccc2)cc1. The van der Waals surface area contributed by atoms with Crippen molar-refractivity contribution in [1.82, 2.24) is 0 Å². The summed E-state index contributed by atoms with van der Waals surface area (Å²) in [5.74, 6) is 0.794. The first-order valence-corrected chi connectivity index (χ1v) is 9.01. The van der Waals surface area contributed by atoms with Crippen LogP contribution in [0, 0.1) is 0 Å². The lowest BCUT2D eigenvalue weighted by molar-refractivity contribution is -0.217. The molecule has 3 aromatic rings. The third-order valence-electron chi connectivity index (χ3n) is 4.63. The number of ether oxygens (including phenoxy) is 2. The first-order valence-electron chi connectivity index (χ1n) is 9.01. The van der Waals surface area contributed by atoms with Crippen molar-refractivity contribution < 1.29 is 18.7 Å². The fourth-order valence-electron chi connectivity index (χ4n) is 2.97. The van der Waals surface area contributed by atoms with Crippen LogP contribution in [0.1, 0.15) is 35.0 Å². The Labute approximate surface area is 165 Å². The van der Waals surface area contributed by atoms with Crippen LogP contribution in [0.5, 0.6) is 11.5 Å². The highest BCUT2D eigenvalue weighted by Gasteiger charge is 2.23. The fourth-order valence-corrected chi connectivity index (χ4v) is 2.97. The van der Waals surface area contributed by atoms with E-state index in [1.54, 1.807) is 30.3 Å². The van der Waals surface area contributed by atoms with Crippen molar-refractivity contribution >= 4 is 12.4 Å². The van der Waals surface area contributed by atoms with E-state index in [-0.39, 0.29) is 5.41 Å². The van der Waals surface area contributed by atoms with Crippen LogP contribution in [0.2, 0.25) is 0 Å². The summed E-state index contributed by atoms with van der Waals surface area (Å²) < 4.78 is 15.6. The van der Waals surface area contributed by atoms with Crippen LogP contribution in [0.3, 0.4) is 0 Å². The van der Waals surface area contributed by atoms with Gasteiger partial charge in [-0.25, -0.2) is 4.79 Å². The van der Waals surface area contributed by atoms with Crippen LogP contribution >= 0.6 is 0 Å². The first-order chi connectivity index (χ1) is 13.5. The first kappa shape index (κ1) is 19.4. The number of carbonyl (C=O) groups is 1. The van der Waals surface area contributed by atoms with Gasteiger partial charge in [0.25, 0.3) is 7.11 Å². The Bertz CT molecular complexity index is 957. The molecular weight excluding hydrogens is 352 g/mol. The molecular formula is C24H23O4+. The maximum Gasteiger partial charge on any atom is 0.519 e. The van der Waals surface area contributed by atoms with Crippen molar-refractivity contribution in [1.29, 1.82) is 0 Å². The Morgan fingerprint density at radius 2 is 1.43 bits per heavy atom. The van der Waals surface area contributed by atoms with Gasteiger partial charge < -0.3 is 9.47 Å². The Morgan fingerprint density at radius 1 is 0.821 bits per heavy atom. The van der Waals surface area contributed by atoms with E-state index in [9.17, 15) is 4.79 Å². The molecule has 0 fully saturated rings. The maximum atomic E-state index is 12.1. The average molecular weight is 375 g/mol. The summed E-state index contributed by atoms with van der Waals surface area (Å²) in [6, 6.07) is 24.8. The van der Waals surface area contributed by atoms with Gasteiger partial charge in [-0.05, 0) is 35.4 Å². The number of aldehydes is 1. The van der Waals surface area contributed by atoms with Crippen molar-refractivity contribution in [3.63, 3.8) is 0 Å². The van der Waals surface area contributed by atoms with E-state index in [4.69, 9.17) is 13.9 Å². The predicted octanol–water partition coefficient (Wildman–Crippen LogP) is 5.57. The zero-order valence-corrected chi connectivity index (χ0v) is 16.2. The van der Waals surface area contributed by atoms with Crippen molar-refractivity contribution in [3.8, 4) is 11.5 Å². The number of rotatable bonds is 5. The summed E-state index contributed by atoms with van der Waals surface area (Å²) in [6.45, 7) is 4.32. The normalized spacial score (nSPS) is 11.4. The lowest BCUT2D eigenvalue weighted by Crippen LogP contribution is -2.19. The Balaban J connectivity index is 1.70. The van der Waals surface area contributed by atoms with Gasteiger partial charge in [0, 0.05) is 5.41 Å². The molecule has 0 spiro atoms. The molecule has 0 heterocycles. The van der Waals surface area contributed by atoms with Gasteiger partial charge in [0.1, 0.15) is 11.3 Å². The molecule has 0 saturated heterocycles. The summed E-state index contributed by atoms with van der Waals surface area (Å²) in [7, 11) is 1.54. The molecule has 4 nitrogen and oxygen atoms in total. The minimum absolute atomic E-state index is 0.158. The lowest BCUT2D eigenvalue weighted by Gasteiger charge is -2.26. The predicted molar refractivity (Wildman–Crippen MR) is 109 cm³/mol. The van der Waals surface area contributed by atoms with Crippen molar-refractivity contribution in [2.75, 3.05) is 7.11 Å². The second-order valence-corrected chi connectivity index (χ2v) is 6.86. The standard InChI is InChI=1S/C24H23O4/c1-24(2,19-10-5-4-6-11-19)20-13-15-21(16-14-20)27-23(25)28-22-12-8-7-9-18(22)17-26-3/h4-17H,1-3H3/q+1. The lowest BCUT2D eigenvalue weighted by atomic mass is 9.78. The molecule has 28 heavy (non-hydrogen) atoms. The molecule has 0 bridgehead atoms. The molecule has 0 aliphatic rings. The second-order valence-electron chi connectivity index (χ2n) is 6.86. The molecule has 4 heteroatoms. The fraction of sp³-hybridized carbons (Fsp3) is 0.167. The second kappa shape index (κ2) is 8.53. The highest BCUT2D eigenvalue weighted by Crippen LogP contribution is 2.32. The van der Waals surface area contributed by atoms with E-state index in [1.165, 1.54) is 19.0 Å². The van der Waals surface area contributed by atoms with Crippen LogP contribution < -0.4 is 9.47 Å². The van der Waals surface area contributed by atoms with Gasteiger partial charge in [0.2, 0.25) is 0 Å². The molecule has 0 radical (unpaired) electrons. The third-order valence-corrected chi connectivity index (χ3v) is 4.63. The summed E-state index contributed by atoms with van der Waals surface area (Å²) >= 11 is 0. The minimum atomic E-state index is -0.799. The van der Waals surface area contributed by atoms with E-state index >= 15 is 0 Å². The van der Waals surface area contributed by atoms with E-state index in [0.717, 1.165) is 5.56 Å². The smallest absolute Gasteiger partial charge is 0.395 e. The number of benzene rings is 3. The molecule has 3 aromatic carbocycles. The highest BCUT2D eigenvalue weighted by atomic mass is 16.7. The monoisotopic (exact) mass is 375 g/mol. The highest BCUT2D eigenvalue weighted by molar-refractivity contribution is 5.81. The average Bonchev–Trinajstić information content (AvgIpc) is 2.71. The molecule has 0 saturated carbocycles. The Morgan fingerprint density at radius 3 is 2.11 bits per heavy atom. The summed E-state index contributed by atoms with van der Waals surface area (Å²) in [5.41, 5.74) is 2.84. The number of para-hydroxylation sites is 1. The quantitative estimate of drug-likeness (QED) is 0.253. The number of carbonyl (C=O) groups excluding carboxylic acids is 2. The van der Waals surface area contributed by atoms with Gasteiger partial charge in [-0.15, -0.1) is 0 Å². The van der Waals surface area contributed by atoms with Gasteiger partial charge in [-0.1, -0.05) is 68.4 Å². The maximum absolute atomic E-state index is 12.1. The molecule has 3 rings (SSSR count). The van der Waals surface area contributed by atoms with E-state index in [2.05, 4.69) is 26.0 Å². The van der Waals surface area contributed by atoms with Gasteiger partial charge in [-0.3, -0.25) is 4.42 Å². The van der Waals surface area contributed by atoms with Crippen LogP contribution in [0.4, 0.5) is 4.79 Å². The Kier molecular flexibility index (Phi) is 5.90. The van der Waals surface area contributed by atoms with E-state index in [0.29, 0.717) is 17.1 Å². The van der Waals surface area contributed by atoms with Gasteiger partial charge in [0.15, 0.2) is 5.75 Å². The molecule has 0 atom stereocenters. The van der Waals surface area contributed by atoms with Crippen LogP contribution in [-0.2, 0) is 5.41 Å². The summed E-state index contributed by atoms with van der Waals surface area (Å²) in [6.07, 6.45) is 0.704. The van der Waals surface area contributed by atoms with Crippen LogP contribution in [0.25, 0.3) is 0 Å².